The molecule has 204 valence electrons. The van der Waals surface area contributed by atoms with Gasteiger partial charge in [-0.15, -0.1) is 11.8 Å². The fourth-order valence-corrected chi connectivity index (χ4v) is 7.15. The molecule has 4 rings (SSSR count). The van der Waals surface area contributed by atoms with Gasteiger partial charge in [0.05, 0.1) is 30.7 Å². The van der Waals surface area contributed by atoms with Crippen LogP contribution in [0, 0.1) is 11.8 Å². The summed E-state index contributed by atoms with van der Waals surface area (Å²) in [6.45, 7) is 5.97. The third kappa shape index (κ3) is 5.27. The second-order valence-electron chi connectivity index (χ2n) is 9.97. The lowest BCUT2D eigenvalue weighted by Crippen LogP contribution is -2.63. The Bertz CT molecular complexity index is 1020. The quantitative estimate of drug-likeness (QED) is 0.130. The molecule has 3 saturated heterocycles. The van der Waals surface area contributed by atoms with Crippen LogP contribution in [0.5, 0.6) is 0 Å². The van der Waals surface area contributed by atoms with Crippen LogP contribution in [0.4, 0.5) is 0 Å². The maximum absolute atomic E-state index is 13.1. The monoisotopic (exact) mass is 537 g/mol. The first-order valence-electron chi connectivity index (χ1n) is 12.5. The number of hydrogen-bond donors (Lipinski definition) is 5. The van der Waals surface area contributed by atoms with E-state index in [9.17, 15) is 29.4 Å². The topological polar surface area (TPSA) is 195 Å². The number of carboxylic acids is 1. The molecule has 0 bridgehead atoms. The van der Waals surface area contributed by atoms with E-state index in [2.05, 4.69) is 10.3 Å². The van der Waals surface area contributed by atoms with Gasteiger partial charge in [-0.3, -0.25) is 19.4 Å². The second kappa shape index (κ2) is 10.9. The summed E-state index contributed by atoms with van der Waals surface area (Å²) in [5.41, 5.74) is 10.6. The molecule has 0 radical (unpaired) electrons. The number of aliphatic carboxylic acids is 1. The zero-order valence-corrected chi connectivity index (χ0v) is 21.8. The van der Waals surface area contributed by atoms with E-state index in [4.69, 9.17) is 11.5 Å². The number of carbonyl (C=O) groups is 4. The number of β-lactam (4-membered cyclic amide) rings is 1. The predicted octanol–water partition coefficient (Wildman–Crippen LogP) is -2.06. The molecule has 0 aromatic rings. The van der Waals surface area contributed by atoms with Crippen LogP contribution < -0.4 is 16.8 Å². The lowest BCUT2D eigenvalue weighted by Gasteiger charge is -2.46. The Hall–Kier alpha value is -2.84. The van der Waals surface area contributed by atoms with Crippen LogP contribution in [0.25, 0.3) is 0 Å². The van der Waals surface area contributed by atoms with Crippen molar-refractivity contribution in [2.24, 2.45) is 28.3 Å². The van der Waals surface area contributed by atoms with Crippen molar-refractivity contribution in [1.29, 1.82) is 0 Å². The number of hydrogen-bond acceptors (Lipinski definition) is 8. The van der Waals surface area contributed by atoms with Gasteiger partial charge in [0.1, 0.15) is 5.70 Å². The van der Waals surface area contributed by atoms with Gasteiger partial charge in [0, 0.05) is 55.2 Å². The van der Waals surface area contributed by atoms with Crippen LogP contribution in [-0.4, -0.2) is 117 Å². The van der Waals surface area contributed by atoms with E-state index in [1.54, 1.807) is 16.7 Å². The first kappa shape index (κ1) is 27.2. The fraction of sp³-hybridized carbons (Fsp3) is 0.696. The number of carbonyl (C=O) groups excluding carboxylic acids is 3. The third-order valence-electron chi connectivity index (χ3n) is 7.56. The highest BCUT2D eigenvalue weighted by Gasteiger charge is 2.60. The SMILES string of the molecule is CC(O)C1C(=O)N2C(C(=O)O)=C(SC3CNC(C(=O)N4CCN(C(=O)CCN=C(N)N)CC4)C3)C(C)C12. The van der Waals surface area contributed by atoms with Crippen molar-refractivity contribution in [2.75, 3.05) is 39.3 Å². The fourth-order valence-electron chi connectivity index (χ4n) is 5.67. The molecule has 14 heteroatoms. The van der Waals surface area contributed by atoms with E-state index in [1.807, 2.05) is 6.92 Å². The lowest BCUT2D eigenvalue weighted by atomic mass is 9.79. The number of guanidine groups is 1. The number of aliphatic hydroxyl groups is 1. The summed E-state index contributed by atoms with van der Waals surface area (Å²) in [7, 11) is 0. The molecule has 3 fully saturated rings. The molecule has 37 heavy (non-hydrogen) atoms. The molecule has 0 saturated carbocycles. The Morgan fingerprint density at radius 2 is 1.84 bits per heavy atom. The van der Waals surface area contributed by atoms with Crippen molar-refractivity contribution in [2.45, 2.75) is 50.1 Å². The van der Waals surface area contributed by atoms with E-state index in [0.717, 1.165) is 0 Å². The molecule has 0 aromatic heterocycles. The highest BCUT2D eigenvalue weighted by molar-refractivity contribution is 8.03. The molecule has 6 unspecified atom stereocenters. The van der Waals surface area contributed by atoms with Crippen molar-refractivity contribution >= 4 is 41.4 Å². The summed E-state index contributed by atoms with van der Waals surface area (Å²) in [5.74, 6) is -2.46. The summed E-state index contributed by atoms with van der Waals surface area (Å²) in [6.07, 6.45) is -0.105. The van der Waals surface area contributed by atoms with Gasteiger partial charge in [-0.05, 0) is 13.3 Å². The number of rotatable bonds is 8. The third-order valence-corrected chi connectivity index (χ3v) is 9.07. The maximum atomic E-state index is 13.1. The standard InChI is InChI=1S/C23H35N7O6S/c1-11-17-16(12(2)31)21(34)30(17)18(22(35)36)19(11)37-13-9-14(27-10-13)20(33)29-7-5-28(6-8-29)15(32)3-4-26-23(24)25/h11-14,16-17,27,31H,3-10H2,1-2H3,(H,35,36)(H4,24,25,26). The number of nitrogens with one attached hydrogen (secondary N) is 1. The minimum absolute atomic E-state index is 0.000180. The van der Waals surface area contributed by atoms with E-state index in [-0.39, 0.29) is 59.6 Å². The molecule has 7 N–H and O–H groups in total. The zero-order chi connectivity index (χ0) is 27.0. The second-order valence-corrected chi connectivity index (χ2v) is 11.3. The number of fused-ring (bicyclic) bond motifs is 1. The molecule has 3 amide bonds. The number of aliphatic hydroxyl groups excluding tert-OH is 1. The van der Waals surface area contributed by atoms with Gasteiger partial charge in [0.15, 0.2) is 5.96 Å². The largest absolute Gasteiger partial charge is 0.477 e. The van der Waals surface area contributed by atoms with Crippen molar-refractivity contribution < 1.29 is 29.4 Å². The maximum Gasteiger partial charge on any atom is 0.353 e. The van der Waals surface area contributed by atoms with Crippen LogP contribution in [-0.2, 0) is 19.2 Å². The summed E-state index contributed by atoms with van der Waals surface area (Å²) in [5, 5.41) is 23.1. The Kier molecular flexibility index (Phi) is 7.99. The van der Waals surface area contributed by atoms with Crippen LogP contribution in [0.1, 0.15) is 26.7 Å². The average Bonchev–Trinajstić information content (AvgIpc) is 3.40. The summed E-state index contributed by atoms with van der Waals surface area (Å²) in [6, 6.07) is -0.748. The first-order valence-corrected chi connectivity index (χ1v) is 13.4. The number of thioether (sulfide) groups is 1. The normalized spacial score (nSPS) is 30.2. The van der Waals surface area contributed by atoms with Gasteiger partial charge in [0.25, 0.3) is 0 Å². The minimum atomic E-state index is -1.15. The van der Waals surface area contributed by atoms with Crippen molar-refractivity contribution in [1.82, 2.24) is 20.0 Å². The van der Waals surface area contributed by atoms with E-state index in [0.29, 0.717) is 44.0 Å². The van der Waals surface area contributed by atoms with Crippen LogP contribution in [0.2, 0.25) is 0 Å². The van der Waals surface area contributed by atoms with Crippen molar-refractivity contribution in [3.63, 3.8) is 0 Å². The summed E-state index contributed by atoms with van der Waals surface area (Å²) in [4.78, 5) is 59.3. The van der Waals surface area contributed by atoms with Gasteiger partial charge in [-0.1, -0.05) is 6.92 Å². The van der Waals surface area contributed by atoms with Gasteiger partial charge >= 0.3 is 5.97 Å². The van der Waals surface area contributed by atoms with Gasteiger partial charge in [-0.2, -0.15) is 0 Å². The predicted molar refractivity (Wildman–Crippen MR) is 136 cm³/mol. The Labute approximate surface area is 219 Å². The van der Waals surface area contributed by atoms with E-state index < -0.39 is 24.0 Å². The van der Waals surface area contributed by atoms with Crippen LogP contribution >= 0.6 is 11.8 Å². The lowest BCUT2D eigenvalue weighted by molar-refractivity contribution is -0.163. The van der Waals surface area contributed by atoms with Crippen molar-refractivity contribution in [3.05, 3.63) is 10.6 Å². The molecular weight excluding hydrogens is 502 g/mol. The molecular formula is C23H35N7O6S. The zero-order valence-electron chi connectivity index (χ0n) is 21.0. The van der Waals surface area contributed by atoms with Crippen LogP contribution in [0.3, 0.4) is 0 Å². The molecule has 0 aromatic carbocycles. The molecule has 4 aliphatic heterocycles. The minimum Gasteiger partial charge on any atom is -0.477 e. The molecule has 4 heterocycles. The van der Waals surface area contributed by atoms with Crippen LogP contribution in [0.15, 0.2) is 15.6 Å². The molecule has 0 aliphatic carbocycles. The number of aliphatic imine (C=N–C) groups is 1. The van der Waals surface area contributed by atoms with E-state index in [1.165, 1.54) is 16.7 Å². The number of amides is 3. The number of piperazine rings is 1. The highest BCUT2D eigenvalue weighted by atomic mass is 32.2. The first-order chi connectivity index (χ1) is 17.5. The Morgan fingerprint density at radius 1 is 1.19 bits per heavy atom. The number of carboxylic acid groups (broad SMARTS) is 1. The van der Waals surface area contributed by atoms with Gasteiger partial charge in [0.2, 0.25) is 17.7 Å². The highest BCUT2D eigenvalue weighted by Crippen LogP contribution is 2.51. The molecule has 6 atom stereocenters. The Balaban J connectivity index is 1.31. The summed E-state index contributed by atoms with van der Waals surface area (Å²) >= 11 is 1.41. The molecule has 0 spiro atoms. The van der Waals surface area contributed by atoms with Crippen molar-refractivity contribution in [3.8, 4) is 0 Å². The summed E-state index contributed by atoms with van der Waals surface area (Å²) < 4.78 is 0. The Morgan fingerprint density at radius 3 is 2.43 bits per heavy atom. The van der Waals surface area contributed by atoms with E-state index >= 15 is 0 Å². The van der Waals surface area contributed by atoms with Gasteiger partial charge in [-0.25, -0.2) is 4.79 Å². The number of nitrogens with zero attached hydrogens (tertiary/aromatic N) is 4. The number of nitrogens with two attached hydrogens (primary N) is 2. The average molecular weight is 538 g/mol. The molecule has 13 nitrogen and oxygen atoms in total. The van der Waals surface area contributed by atoms with Gasteiger partial charge < -0.3 is 41.7 Å². The molecule has 4 aliphatic rings. The smallest absolute Gasteiger partial charge is 0.353 e.